The van der Waals surface area contributed by atoms with Crippen molar-refractivity contribution in [3.63, 3.8) is 0 Å². The molecule has 0 unspecified atom stereocenters. The predicted molar refractivity (Wildman–Crippen MR) is 62.9 cm³/mol. The highest BCUT2D eigenvalue weighted by Crippen LogP contribution is 2.18. The molecule has 82 valence electrons. The maximum absolute atomic E-state index is 11.0. The maximum atomic E-state index is 11.0. The van der Waals surface area contributed by atoms with Gasteiger partial charge in [-0.15, -0.1) is 0 Å². The Kier molecular flexibility index (Phi) is 4.31. The standard InChI is InChI=1S/C12H18N2O/c1-9-5-6-12(14-10(2)15)11(8-9)4-3-7-13/h5-6,8H,3-4,7,13H2,1-2H3,(H,14,15). The molecule has 1 aromatic rings. The lowest BCUT2D eigenvalue weighted by Crippen LogP contribution is -2.09. The molecular weight excluding hydrogens is 188 g/mol. The summed E-state index contributed by atoms with van der Waals surface area (Å²) in [5, 5.41) is 2.83. The number of rotatable bonds is 4. The van der Waals surface area contributed by atoms with Crippen LogP contribution in [0.4, 0.5) is 5.69 Å². The van der Waals surface area contributed by atoms with Crippen LogP contribution in [0.2, 0.25) is 0 Å². The highest BCUT2D eigenvalue weighted by molar-refractivity contribution is 5.89. The van der Waals surface area contributed by atoms with Crippen molar-refractivity contribution < 1.29 is 4.79 Å². The second-order valence-corrected chi connectivity index (χ2v) is 3.73. The van der Waals surface area contributed by atoms with E-state index in [0.29, 0.717) is 6.54 Å². The molecule has 0 bridgehead atoms. The lowest BCUT2D eigenvalue weighted by Gasteiger charge is -2.10. The van der Waals surface area contributed by atoms with Gasteiger partial charge >= 0.3 is 0 Å². The molecule has 0 aliphatic rings. The summed E-state index contributed by atoms with van der Waals surface area (Å²) in [7, 11) is 0. The van der Waals surface area contributed by atoms with Crippen LogP contribution in [-0.4, -0.2) is 12.5 Å². The van der Waals surface area contributed by atoms with Crippen molar-refractivity contribution in [3.05, 3.63) is 29.3 Å². The average molecular weight is 206 g/mol. The van der Waals surface area contributed by atoms with E-state index in [9.17, 15) is 4.79 Å². The van der Waals surface area contributed by atoms with E-state index in [0.717, 1.165) is 24.1 Å². The number of amides is 1. The van der Waals surface area contributed by atoms with Crippen molar-refractivity contribution in [2.75, 3.05) is 11.9 Å². The first-order chi connectivity index (χ1) is 7.13. The fraction of sp³-hybridized carbons (Fsp3) is 0.417. The van der Waals surface area contributed by atoms with Gasteiger partial charge in [0.25, 0.3) is 0 Å². The third kappa shape index (κ3) is 3.72. The summed E-state index contributed by atoms with van der Waals surface area (Å²) in [6.07, 6.45) is 1.85. The quantitative estimate of drug-likeness (QED) is 0.789. The van der Waals surface area contributed by atoms with Crippen LogP contribution in [0.25, 0.3) is 0 Å². The van der Waals surface area contributed by atoms with Gasteiger partial charge in [-0.05, 0) is 37.9 Å². The zero-order valence-electron chi connectivity index (χ0n) is 9.34. The molecule has 1 rings (SSSR count). The maximum Gasteiger partial charge on any atom is 0.221 e. The second-order valence-electron chi connectivity index (χ2n) is 3.73. The summed E-state index contributed by atoms with van der Waals surface area (Å²) < 4.78 is 0. The van der Waals surface area contributed by atoms with E-state index < -0.39 is 0 Å². The fourth-order valence-corrected chi connectivity index (χ4v) is 1.53. The molecular formula is C12H18N2O. The molecule has 0 heterocycles. The zero-order valence-corrected chi connectivity index (χ0v) is 9.34. The van der Waals surface area contributed by atoms with Crippen LogP contribution in [-0.2, 0) is 11.2 Å². The van der Waals surface area contributed by atoms with Gasteiger partial charge in [-0.2, -0.15) is 0 Å². The molecule has 0 saturated heterocycles. The lowest BCUT2D eigenvalue weighted by molar-refractivity contribution is -0.114. The Morgan fingerprint density at radius 1 is 1.47 bits per heavy atom. The molecule has 0 aromatic heterocycles. The van der Waals surface area contributed by atoms with E-state index in [4.69, 9.17) is 5.73 Å². The monoisotopic (exact) mass is 206 g/mol. The molecule has 0 atom stereocenters. The molecule has 3 N–H and O–H groups in total. The molecule has 0 fully saturated rings. The SMILES string of the molecule is CC(=O)Nc1ccc(C)cc1CCCN. The van der Waals surface area contributed by atoms with Crippen LogP contribution < -0.4 is 11.1 Å². The van der Waals surface area contributed by atoms with Gasteiger partial charge in [0.2, 0.25) is 5.91 Å². The van der Waals surface area contributed by atoms with E-state index in [2.05, 4.69) is 11.4 Å². The fourth-order valence-electron chi connectivity index (χ4n) is 1.53. The van der Waals surface area contributed by atoms with Crippen molar-refractivity contribution in [2.24, 2.45) is 5.73 Å². The van der Waals surface area contributed by atoms with Gasteiger partial charge in [-0.25, -0.2) is 0 Å². The largest absolute Gasteiger partial charge is 0.330 e. The highest BCUT2D eigenvalue weighted by atomic mass is 16.1. The minimum absolute atomic E-state index is 0.0344. The molecule has 1 aromatic carbocycles. The Balaban J connectivity index is 2.87. The van der Waals surface area contributed by atoms with Crippen LogP contribution in [0.15, 0.2) is 18.2 Å². The number of carbonyl (C=O) groups is 1. The minimum atomic E-state index is -0.0344. The summed E-state index contributed by atoms with van der Waals surface area (Å²) in [6, 6.07) is 6.04. The number of hydrogen-bond acceptors (Lipinski definition) is 2. The minimum Gasteiger partial charge on any atom is -0.330 e. The van der Waals surface area contributed by atoms with Crippen LogP contribution in [0.1, 0.15) is 24.5 Å². The molecule has 0 saturated carbocycles. The van der Waals surface area contributed by atoms with Gasteiger partial charge in [0.15, 0.2) is 0 Å². The second kappa shape index (κ2) is 5.51. The summed E-state index contributed by atoms with van der Waals surface area (Å²) >= 11 is 0. The number of anilines is 1. The van der Waals surface area contributed by atoms with Crippen molar-refractivity contribution >= 4 is 11.6 Å². The molecule has 1 amide bonds. The Labute approximate surface area is 90.7 Å². The normalized spacial score (nSPS) is 10.1. The van der Waals surface area contributed by atoms with Crippen LogP contribution in [0, 0.1) is 6.92 Å². The van der Waals surface area contributed by atoms with E-state index in [1.807, 2.05) is 19.1 Å². The third-order valence-corrected chi connectivity index (χ3v) is 2.22. The Morgan fingerprint density at radius 2 is 2.20 bits per heavy atom. The summed E-state index contributed by atoms with van der Waals surface area (Å²) in [5.41, 5.74) is 8.75. The van der Waals surface area contributed by atoms with Gasteiger partial charge in [0.1, 0.15) is 0 Å². The average Bonchev–Trinajstić information content (AvgIpc) is 2.18. The summed E-state index contributed by atoms with van der Waals surface area (Å²) in [5.74, 6) is -0.0344. The number of carbonyl (C=O) groups excluding carboxylic acids is 1. The van der Waals surface area contributed by atoms with Gasteiger partial charge in [0.05, 0.1) is 0 Å². The van der Waals surface area contributed by atoms with Gasteiger partial charge < -0.3 is 11.1 Å². The van der Waals surface area contributed by atoms with Crippen molar-refractivity contribution in [2.45, 2.75) is 26.7 Å². The number of benzene rings is 1. The number of nitrogens with one attached hydrogen (secondary N) is 1. The van der Waals surface area contributed by atoms with Crippen LogP contribution in [0.5, 0.6) is 0 Å². The summed E-state index contributed by atoms with van der Waals surface area (Å²) in [4.78, 5) is 11.0. The lowest BCUT2D eigenvalue weighted by atomic mass is 10.0. The van der Waals surface area contributed by atoms with E-state index in [-0.39, 0.29) is 5.91 Å². The number of nitrogens with two attached hydrogens (primary N) is 1. The van der Waals surface area contributed by atoms with E-state index in [1.165, 1.54) is 12.5 Å². The van der Waals surface area contributed by atoms with E-state index in [1.54, 1.807) is 0 Å². The van der Waals surface area contributed by atoms with Gasteiger partial charge in [-0.1, -0.05) is 17.7 Å². The molecule has 0 spiro atoms. The molecule has 0 aliphatic heterocycles. The Morgan fingerprint density at radius 3 is 2.80 bits per heavy atom. The topological polar surface area (TPSA) is 55.1 Å². The number of aryl methyl sites for hydroxylation is 2. The zero-order chi connectivity index (χ0) is 11.3. The van der Waals surface area contributed by atoms with Crippen LogP contribution >= 0.6 is 0 Å². The van der Waals surface area contributed by atoms with Crippen LogP contribution in [0.3, 0.4) is 0 Å². The molecule has 3 nitrogen and oxygen atoms in total. The molecule has 3 heteroatoms. The molecule has 15 heavy (non-hydrogen) atoms. The predicted octanol–water partition coefficient (Wildman–Crippen LogP) is 1.84. The Bertz CT molecular complexity index is 347. The first-order valence-corrected chi connectivity index (χ1v) is 5.20. The molecule has 0 radical (unpaired) electrons. The van der Waals surface area contributed by atoms with Gasteiger partial charge in [0, 0.05) is 12.6 Å². The molecule has 0 aliphatic carbocycles. The smallest absolute Gasteiger partial charge is 0.221 e. The first-order valence-electron chi connectivity index (χ1n) is 5.20. The third-order valence-electron chi connectivity index (χ3n) is 2.22. The van der Waals surface area contributed by atoms with Crippen molar-refractivity contribution in [1.82, 2.24) is 0 Å². The number of hydrogen-bond donors (Lipinski definition) is 2. The van der Waals surface area contributed by atoms with Crippen molar-refractivity contribution in [1.29, 1.82) is 0 Å². The van der Waals surface area contributed by atoms with Gasteiger partial charge in [-0.3, -0.25) is 4.79 Å². The van der Waals surface area contributed by atoms with E-state index >= 15 is 0 Å². The summed E-state index contributed by atoms with van der Waals surface area (Å²) in [6.45, 7) is 4.24. The Hall–Kier alpha value is -1.35. The highest BCUT2D eigenvalue weighted by Gasteiger charge is 2.03. The first kappa shape index (κ1) is 11.7. The van der Waals surface area contributed by atoms with Crippen molar-refractivity contribution in [3.8, 4) is 0 Å².